The number of carbonyl (C=O) groups excluding carboxylic acids is 1. The van der Waals surface area contributed by atoms with Crippen LogP contribution in [0.2, 0.25) is 0 Å². The monoisotopic (exact) mass is 323 g/mol. The third kappa shape index (κ3) is 3.12. The van der Waals surface area contributed by atoms with Crippen molar-refractivity contribution in [2.45, 2.75) is 0 Å². The molecule has 0 bridgehead atoms. The predicted octanol–water partition coefficient (Wildman–Crippen LogP) is 3.66. The average molecular weight is 323 g/mol. The van der Waals surface area contributed by atoms with Crippen molar-refractivity contribution in [3.8, 4) is 0 Å². The van der Waals surface area contributed by atoms with Gasteiger partial charge in [0.15, 0.2) is 5.76 Å². The number of nitrogens with two attached hydrogens (primary N) is 1. The molecular formula is C18H13NO5. The quantitative estimate of drug-likeness (QED) is 0.585. The minimum absolute atomic E-state index is 0.0174. The van der Waals surface area contributed by atoms with Crippen molar-refractivity contribution in [3.05, 3.63) is 72.2 Å². The molecular weight excluding hydrogens is 310 g/mol. The van der Waals surface area contributed by atoms with Gasteiger partial charge in [0.05, 0.1) is 0 Å². The van der Waals surface area contributed by atoms with Crippen molar-refractivity contribution in [2.24, 2.45) is 5.73 Å². The van der Waals surface area contributed by atoms with Crippen LogP contribution in [0.3, 0.4) is 0 Å². The van der Waals surface area contributed by atoms with Gasteiger partial charge in [0.2, 0.25) is 5.76 Å². The highest BCUT2D eigenvalue weighted by molar-refractivity contribution is 5.95. The number of carboxylic acid groups (broad SMARTS) is 1. The summed E-state index contributed by atoms with van der Waals surface area (Å²) in [5.74, 6) is -1.38. The number of aromatic carboxylic acids is 1. The topological polar surface area (TPSA) is 107 Å². The van der Waals surface area contributed by atoms with Crippen LogP contribution in [0, 0.1) is 0 Å². The summed E-state index contributed by atoms with van der Waals surface area (Å²) >= 11 is 0. The normalized spacial score (nSPS) is 10.3. The Morgan fingerprint density at radius 1 is 0.792 bits per heavy atom. The number of carbonyl (C=O) groups is 2. The number of fused-ring (bicyclic) bond motifs is 2. The molecule has 120 valence electrons. The van der Waals surface area contributed by atoms with Gasteiger partial charge < -0.3 is 19.7 Å². The number of hydrogen-bond donors (Lipinski definition) is 2. The Balaban J connectivity index is 0.000000141. The van der Waals surface area contributed by atoms with Gasteiger partial charge >= 0.3 is 5.97 Å². The van der Waals surface area contributed by atoms with Crippen molar-refractivity contribution < 1.29 is 23.5 Å². The third-order valence-electron chi connectivity index (χ3n) is 3.30. The Hall–Kier alpha value is -3.54. The van der Waals surface area contributed by atoms with Gasteiger partial charge in [0.25, 0.3) is 5.91 Å². The Morgan fingerprint density at radius 2 is 1.25 bits per heavy atom. The number of amides is 1. The van der Waals surface area contributed by atoms with Crippen LogP contribution < -0.4 is 5.73 Å². The smallest absolute Gasteiger partial charge is 0.371 e. The SMILES string of the molecule is NC(=O)c1cc2ccccc2o1.O=C(O)c1cc2ccccc2o1. The summed E-state index contributed by atoms with van der Waals surface area (Å²) in [5.41, 5.74) is 6.34. The van der Waals surface area contributed by atoms with Crippen molar-refractivity contribution in [1.29, 1.82) is 0 Å². The summed E-state index contributed by atoms with van der Waals surface area (Å²) in [4.78, 5) is 21.2. The zero-order valence-electron chi connectivity index (χ0n) is 12.4. The second-order valence-electron chi connectivity index (χ2n) is 4.97. The van der Waals surface area contributed by atoms with Gasteiger partial charge in [0, 0.05) is 10.8 Å². The number of hydrogen-bond acceptors (Lipinski definition) is 4. The molecule has 1 amide bonds. The van der Waals surface area contributed by atoms with E-state index in [1.54, 1.807) is 24.3 Å². The third-order valence-corrected chi connectivity index (χ3v) is 3.30. The first-order valence-corrected chi connectivity index (χ1v) is 7.05. The largest absolute Gasteiger partial charge is 0.475 e. The fraction of sp³-hybridized carbons (Fsp3) is 0. The molecule has 2 aromatic heterocycles. The summed E-state index contributed by atoms with van der Waals surface area (Å²) in [6, 6.07) is 17.7. The van der Waals surface area contributed by atoms with Crippen LogP contribution in [0.25, 0.3) is 21.9 Å². The van der Waals surface area contributed by atoms with Crippen molar-refractivity contribution >= 4 is 33.8 Å². The van der Waals surface area contributed by atoms with Crippen molar-refractivity contribution in [3.63, 3.8) is 0 Å². The van der Waals surface area contributed by atoms with E-state index in [9.17, 15) is 9.59 Å². The van der Waals surface area contributed by atoms with Crippen LogP contribution >= 0.6 is 0 Å². The predicted molar refractivity (Wildman–Crippen MR) is 87.9 cm³/mol. The van der Waals surface area contributed by atoms with E-state index in [4.69, 9.17) is 19.7 Å². The summed E-state index contributed by atoms with van der Waals surface area (Å²) in [6.45, 7) is 0. The molecule has 2 heterocycles. The van der Waals surface area contributed by atoms with Crippen LogP contribution in [-0.2, 0) is 0 Å². The van der Waals surface area contributed by atoms with E-state index < -0.39 is 11.9 Å². The van der Waals surface area contributed by atoms with Gasteiger partial charge in [-0.25, -0.2) is 4.79 Å². The molecule has 0 saturated heterocycles. The van der Waals surface area contributed by atoms with Gasteiger partial charge in [-0.3, -0.25) is 4.79 Å². The first kappa shape index (κ1) is 15.4. The van der Waals surface area contributed by atoms with E-state index in [0.717, 1.165) is 10.8 Å². The van der Waals surface area contributed by atoms with Crippen LogP contribution in [0.1, 0.15) is 21.1 Å². The van der Waals surface area contributed by atoms with Gasteiger partial charge in [0.1, 0.15) is 11.2 Å². The van der Waals surface area contributed by atoms with Gasteiger partial charge in [-0.05, 0) is 24.3 Å². The first-order valence-electron chi connectivity index (χ1n) is 7.05. The number of primary amides is 1. The molecule has 0 atom stereocenters. The van der Waals surface area contributed by atoms with Gasteiger partial charge in [-0.2, -0.15) is 0 Å². The fourth-order valence-electron chi connectivity index (χ4n) is 2.19. The number of furan rings is 2. The maximum atomic E-state index is 10.7. The second-order valence-corrected chi connectivity index (χ2v) is 4.97. The Morgan fingerprint density at radius 3 is 1.71 bits per heavy atom. The highest BCUT2D eigenvalue weighted by atomic mass is 16.4. The molecule has 4 rings (SSSR count). The zero-order chi connectivity index (χ0) is 17.1. The molecule has 0 saturated carbocycles. The summed E-state index contributed by atoms with van der Waals surface area (Å²) in [5, 5.41) is 10.3. The molecule has 0 fully saturated rings. The fourth-order valence-corrected chi connectivity index (χ4v) is 2.19. The molecule has 0 aliphatic carbocycles. The van der Waals surface area contributed by atoms with E-state index in [2.05, 4.69) is 0 Å². The highest BCUT2D eigenvalue weighted by Gasteiger charge is 2.08. The van der Waals surface area contributed by atoms with Gasteiger partial charge in [-0.15, -0.1) is 0 Å². The molecule has 6 nitrogen and oxygen atoms in total. The number of rotatable bonds is 2. The van der Waals surface area contributed by atoms with E-state index in [0.29, 0.717) is 11.2 Å². The lowest BCUT2D eigenvalue weighted by Gasteiger charge is -1.83. The van der Waals surface area contributed by atoms with E-state index in [1.165, 1.54) is 6.07 Å². The maximum Gasteiger partial charge on any atom is 0.371 e. The molecule has 24 heavy (non-hydrogen) atoms. The summed E-state index contributed by atoms with van der Waals surface area (Å²) in [7, 11) is 0. The van der Waals surface area contributed by atoms with Crippen molar-refractivity contribution in [2.75, 3.05) is 0 Å². The molecule has 2 aromatic carbocycles. The minimum atomic E-state index is -1.04. The maximum absolute atomic E-state index is 10.7. The van der Waals surface area contributed by atoms with E-state index in [-0.39, 0.29) is 11.5 Å². The molecule has 4 aromatic rings. The summed E-state index contributed by atoms with van der Waals surface area (Å²) < 4.78 is 10.2. The minimum Gasteiger partial charge on any atom is -0.475 e. The Kier molecular flexibility index (Phi) is 4.03. The standard InChI is InChI=1S/C9H7NO2.C9H6O3/c2*10-9(11)8-5-6-3-1-2-4-7(6)12-8/h1-5H,(H2,10,11);1-5H,(H,10,11). The molecule has 3 N–H and O–H groups in total. The average Bonchev–Trinajstić information content (AvgIpc) is 3.19. The highest BCUT2D eigenvalue weighted by Crippen LogP contribution is 2.18. The van der Waals surface area contributed by atoms with Crippen molar-refractivity contribution in [1.82, 2.24) is 0 Å². The summed E-state index contributed by atoms with van der Waals surface area (Å²) in [6.07, 6.45) is 0. The van der Waals surface area contributed by atoms with Gasteiger partial charge in [-0.1, -0.05) is 36.4 Å². The van der Waals surface area contributed by atoms with E-state index >= 15 is 0 Å². The molecule has 6 heteroatoms. The Labute approximate surface area is 136 Å². The zero-order valence-corrected chi connectivity index (χ0v) is 12.4. The molecule has 0 spiro atoms. The number of benzene rings is 2. The molecule has 0 radical (unpaired) electrons. The molecule has 0 aliphatic rings. The lowest BCUT2D eigenvalue weighted by atomic mass is 10.2. The van der Waals surface area contributed by atoms with Crippen LogP contribution in [-0.4, -0.2) is 17.0 Å². The second kappa shape index (κ2) is 6.29. The number of para-hydroxylation sites is 2. The van der Waals surface area contributed by atoms with Crippen LogP contribution in [0.5, 0.6) is 0 Å². The lowest BCUT2D eigenvalue weighted by molar-refractivity contribution is 0.0664. The van der Waals surface area contributed by atoms with Crippen LogP contribution in [0.4, 0.5) is 0 Å². The number of carboxylic acids is 1. The molecule has 0 aliphatic heterocycles. The molecule has 0 unspecified atom stereocenters. The lowest BCUT2D eigenvalue weighted by Crippen LogP contribution is -2.08. The Bertz CT molecular complexity index is 878. The van der Waals surface area contributed by atoms with E-state index in [1.807, 2.05) is 30.3 Å². The van der Waals surface area contributed by atoms with Crippen LogP contribution in [0.15, 0.2) is 69.5 Å². The first-order chi connectivity index (χ1) is 11.5.